The lowest BCUT2D eigenvalue weighted by molar-refractivity contribution is -0.133. The predicted octanol–water partition coefficient (Wildman–Crippen LogP) is 7.72. The van der Waals surface area contributed by atoms with Crippen molar-refractivity contribution < 1.29 is 27.5 Å². The van der Waals surface area contributed by atoms with Crippen LogP contribution in [-0.2, 0) is 15.1 Å². The van der Waals surface area contributed by atoms with Crippen LogP contribution in [0.25, 0.3) is 22.3 Å². The number of carbonyl (C=O) groups is 2. The Hall–Kier alpha value is -4.63. The summed E-state index contributed by atoms with van der Waals surface area (Å²) in [4.78, 5) is 30.6. The summed E-state index contributed by atoms with van der Waals surface area (Å²) in [6, 6.07) is 32.0. The average Bonchev–Trinajstić information content (AvgIpc) is 3.56. The van der Waals surface area contributed by atoms with Gasteiger partial charge in [-0.05, 0) is 59.2 Å². The normalized spacial score (nSPS) is 16.5. The third kappa shape index (κ3) is 6.19. The Morgan fingerprint density at radius 3 is 1.81 bits per heavy atom. The number of amides is 2. The van der Waals surface area contributed by atoms with E-state index in [4.69, 9.17) is 4.74 Å². The number of alkyl halides is 3. The summed E-state index contributed by atoms with van der Waals surface area (Å²) < 4.78 is 44.7. The molecule has 1 fully saturated rings. The SMILES string of the molecule is O=C(NCC(F)(F)F)OC1(CCCCN2CCN(C(=O)CC3c4ccccc4-c4ccccc43)CC2)c2ccccc2-c2ccccc21. The first-order valence-electron chi connectivity index (χ1n) is 16.6. The number of hydrogen-bond donors (Lipinski definition) is 1. The fraction of sp³-hybridized carbons (Fsp3) is 0.333. The minimum absolute atomic E-state index is 0.0684. The highest BCUT2D eigenvalue weighted by atomic mass is 19.4. The van der Waals surface area contributed by atoms with Crippen LogP contribution in [0.5, 0.6) is 0 Å². The van der Waals surface area contributed by atoms with Gasteiger partial charge < -0.3 is 15.0 Å². The van der Waals surface area contributed by atoms with Crippen molar-refractivity contribution >= 4 is 12.0 Å². The highest BCUT2D eigenvalue weighted by molar-refractivity contribution is 5.84. The molecular formula is C39H38F3N3O3. The molecule has 1 aliphatic heterocycles. The van der Waals surface area contributed by atoms with Crippen molar-refractivity contribution in [2.75, 3.05) is 39.3 Å². The number of carbonyl (C=O) groups excluding carboxylic acids is 2. The maximum atomic E-state index is 13.5. The van der Waals surface area contributed by atoms with Crippen LogP contribution in [0.4, 0.5) is 18.0 Å². The highest BCUT2D eigenvalue weighted by Crippen LogP contribution is 2.52. The largest absolute Gasteiger partial charge is 0.433 e. The number of unbranched alkanes of at least 4 members (excludes halogenated alkanes) is 1. The van der Waals surface area contributed by atoms with Gasteiger partial charge in [0, 0.05) is 49.6 Å². The average molecular weight is 654 g/mol. The molecule has 1 N–H and O–H groups in total. The lowest BCUT2D eigenvalue weighted by atomic mass is 9.86. The fourth-order valence-corrected chi connectivity index (χ4v) is 7.80. The number of nitrogens with zero attached hydrogens (tertiary/aromatic N) is 2. The monoisotopic (exact) mass is 653 g/mol. The summed E-state index contributed by atoms with van der Waals surface area (Å²) in [5, 5.41) is 1.90. The van der Waals surface area contributed by atoms with E-state index in [1.54, 1.807) is 0 Å². The van der Waals surface area contributed by atoms with Crippen molar-refractivity contribution in [2.24, 2.45) is 0 Å². The Bertz CT molecular complexity index is 1720. The molecule has 0 saturated carbocycles. The summed E-state index contributed by atoms with van der Waals surface area (Å²) in [6.07, 6.45) is -3.25. The molecule has 9 heteroatoms. The van der Waals surface area contributed by atoms with Gasteiger partial charge in [0.15, 0.2) is 5.60 Å². The van der Waals surface area contributed by atoms with Gasteiger partial charge in [-0.15, -0.1) is 0 Å². The van der Waals surface area contributed by atoms with Crippen molar-refractivity contribution in [1.82, 2.24) is 15.1 Å². The molecule has 0 aromatic heterocycles. The minimum Gasteiger partial charge on any atom is -0.433 e. The molecule has 0 radical (unpaired) electrons. The van der Waals surface area contributed by atoms with E-state index in [-0.39, 0.29) is 11.8 Å². The zero-order valence-corrected chi connectivity index (χ0v) is 26.6. The van der Waals surface area contributed by atoms with Crippen LogP contribution in [-0.4, -0.2) is 67.2 Å². The number of alkyl carbamates (subject to hydrolysis) is 1. The topological polar surface area (TPSA) is 61.9 Å². The van der Waals surface area contributed by atoms with Gasteiger partial charge in [0.25, 0.3) is 0 Å². The van der Waals surface area contributed by atoms with Crippen LogP contribution in [0.15, 0.2) is 97.1 Å². The zero-order chi connectivity index (χ0) is 33.3. The summed E-state index contributed by atoms with van der Waals surface area (Å²) in [5.41, 5.74) is 7.09. The second-order valence-electron chi connectivity index (χ2n) is 12.9. The van der Waals surface area contributed by atoms with E-state index in [0.717, 1.165) is 48.3 Å². The summed E-state index contributed by atoms with van der Waals surface area (Å²) in [6.45, 7) is 2.24. The number of benzene rings is 4. The van der Waals surface area contributed by atoms with Crippen molar-refractivity contribution in [2.45, 2.75) is 43.4 Å². The molecule has 0 spiro atoms. The summed E-state index contributed by atoms with van der Waals surface area (Å²) in [5.74, 6) is 0.242. The van der Waals surface area contributed by atoms with Gasteiger partial charge in [0.2, 0.25) is 5.91 Å². The van der Waals surface area contributed by atoms with Crippen molar-refractivity contribution in [3.05, 3.63) is 119 Å². The maximum Gasteiger partial charge on any atom is 0.408 e. The first kappa shape index (κ1) is 31.9. The number of piperazine rings is 1. The Morgan fingerprint density at radius 2 is 1.25 bits per heavy atom. The molecule has 2 amide bonds. The number of nitrogens with one attached hydrogen (secondary N) is 1. The molecule has 7 rings (SSSR count). The molecule has 4 aromatic rings. The highest BCUT2D eigenvalue weighted by Gasteiger charge is 2.46. The smallest absolute Gasteiger partial charge is 0.408 e. The van der Waals surface area contributed by atoms with E-state index < -0.39 is 24.4 Å². The Kier molecular flexibility index (Phi) is 8.73. The summed E-state index contributed by atoms with van der Waals surface area (Å²) >= 11 is 0. The molecule has 4 aromatic carbocycles. The van der Waals surface area contributed by atoms with Gasteiger partial charge in [0.05, 0.1) is 0 Å². The predicted molar refractivity (Wildman–Crippen MR) is 178 cm³/mol. The molecule has 3 aliphatic rings. The first-order chi connectivity index (χ1) is 23.2. The molecule has 248 valence electrons. The molecule has 48 heavy (non-hydrogen) atoms. The zero-order valence-electron chi connectivity index (χ0n) is 26.6. The third-order valence-electron chi connectivity index (χ3n) is 10.0. The van der Waals surface area contributed by atoms with Gasteiger partial charge in [-0.3, -0.25) is 9.69 Å². The lowest BCUT2D eigenvalue weighted by Gasteiger charge is -2.36. The van der Waals surface area contributed by atoms with Crippen LogP contribution in [0.3, 0.4) is 0 Å². The van der Waals surface area contributed by atoms with E-state index in [2.05, 4.69) is 29.2 Å². The Morgan fingerprint density at radius 1 is 0.729 bits per heavy atom. The van der Waals surface area contributed by atoms with Gasteiger partial charge in [-0.2, -0.15) is 13.2 Å². The van der Waals surface area contributed by atoms with Crippen molar-refractivity contribution in [3.63, 3.8) is 0 Å². The minimum atomic E-state index is -4.54. The molecule has 0 bridgehead atoms. The number of rotatable bonds is 9. The molecule has 0 atom stereocenters. The van der Waals surface area contributed by atoms with Crippen molar-refractivity contribution in [3.8, 4) is 22.3 Å². The van der Waals surface area contributed by atoms with Crippen LogP contribution in [0.1, 0.15) is 53.9 Å². The molecular weight excluding hydrogens is 615 g/mol. The maximum absolute atomic E-state index is 13.5. The third-order valence-corrected chi connectivity index (χ3v) is 10.0. The molecule has 1 saturated heterocycles. The standard InChI is InChI=1S/C39H38F3N3O3/c40-39(41,42)26-43-37(47)48-38(34-17-7-5-15-31(34)32-16-6-8-18-35(32)38)19-9-10-20-44-21-23-45(24-22-44)36(46)25-33-29-13-3-1-11-27(29)28-12-2-4-14-30(28)33/h1-8,11-18,33H,9-10,19-26H2,(H,43,47). The van der Waals surface area contributed by atoms with E-state index >= 15 is 0 Å². The van der Waals surface area contributed by atoms with E-state index in [1.165, 1.54) is 22.3 Å². The first-order valence-corrected chi connectivity index (χ1v) is 16.6. The lowest BCUT2D eigenvalue weighted by Crippen LogP contribution is -2.49. The number of halogens is 3. The summed E-state index contributed by atoms with van der Waals surface area (Å²) in [7, 11) is 0. The Labute approximate surface area is 278 Å². The van der Waals surface area contributed by atoms with Gasteiger partial charge in [-0.1, -0.05) is 97.1 Å². The number of ether oxygens (including phenoxy) is 1. The Balaban J connectivity index is 0.962. The van der Waals surface area contributed by atoms with Crippen molar-refractivity contribution in [1.29, 1.82) is 0 Å². The molecule has 0 unspecified atom stereocenters. The van der Waals surface area contributed by atoms with Crippen LogP contribution in [0.2, 0.25) is 0 Å². The molecule has 2 aliphatic carbocycles. The van der Waals surface area contributed by atoms with Gasteiger partial charge in [0.1, 0.15) is 6.54 Å². The molecule has 1 heterocycles. The fourth-order valence-electron chi connectivity index (χ4n) is 7.80. The van der Waals surface area contributed by atoms with Crippen LogP contribution in [0, 0.1) is 0 Å². The van der Waals surface area contributed by atoms with Gasteiger partial charge >= 0.3 is 12.3 Å². The van der Waals surface area contributed by atoms with E-state index in [0.29, 0.717) is 32.4 Å². The second kappa shape index (κ2) is 13.1. The van der Waals surface area contributed by atoms with E-state index in [9.17, 15) is 22.8 Å². The number of hydrogen-bond acceptors (Lipinski definition) is 4. The van der Waals surface area contributed by atoms with Gasteiger partial charge in [-0.25, -0.2) is 4.79 Å². The van der Waals surface area contributed by atoms with Crippen LogP contribution < -0.4 is 5.32 Å². The van der Waals surface area contributed by atoms with E-state index in [1.807, 2.05) is 83.0 Å². The van der Waals surface area contributed by atoms with Crippen LogP contribution >= 0.6 is 0 Å². The second-order valence-corrected chi connectivity index (χ2v) is 12.9. The molecule has 6 nitrogen and oxygen atoms in total. The number of fused-ring (bicyclic) bond motifs is 6. The quantitative estimate of drug-likeness (QED) is 0.188.